The van der Waals surface area contributed by atoms with Crippen molar-refractivity contribution in [1.29, 1.82) is 0 Å². The average Bonchev–Trinajstić information content (AvgIpc) is 2.41. The second kappa shape index (κ2) is 5.54. The summed E-state index contributed by atoms with van der Waals surface area (Å²) in [4.78, 5) is 0. The average molecular weight is 237 g/mol. The van der Waals surface area contributed by atoms with Gasteiger partial charge in [-0.05, 0) is 42.2 Å². The highest BCUT2D eigenvalue weighted by atomic mass is 14.9. The molecule has 1 N–H and O–H groups in total. The van der Waals surface area contributed by atoms with Crippen molar-refractivity contribution in [3.05, 3.63) is 71.8 Å². The lowest BCUT2D eigenvalue weighted by Crippen LogP contribution is -2.05. The lowest BCUT2D eigenvalue weighted by Gasteiger charge is -2.13. The molecule has 2 aromatic carbocycles. The minimum Gasteiger partial charge on any atom is -0.381 e. The van der Waals surface area contributed by atoms with Gasteiger partial charge in [-0.15, -0.1) is 0 Å². The summed E-state index contributed by atoms with van der Waals surface area (Å²) in [6.07, 6.45) is 0. The van der Waals surface area contributed by atoms with Crippen molar-refractivity contribution in [1.82, 2.24) is 0 Å². The highest BCUT2D eigenvalue weighted by Gasteiger charge is 2.01. The molecule has 0 radical (unpaired) electrons. The Morgan fingerprint density at radius 1 is 1.00 bits per heavy atom. The van der Waals surface area contributed by atoms with E-state index in [2.05, 4.69) is 56.1 Å². The molecule has 0 unspecified atom stereocenters. The first-order valence-corrected chi connectivity index (χ1v) is 6.22. The molecule has 0 spiro atoms. The molecule has 18 heavy (non-hydrogen) atoms. The molecule has 0 atom stereocenters. The molecule has 0 saturated heterocycles. The first-order chi connectivity index (χ1) is 8.68. The molecule has 0 saturated carbocycles. The predicted molar refractivity (Wildman–Crippen MR) is 79.9 cm³/mol. The number of hydrogen-bond acceptors (Lipinski definition) is 1. The van der Waals surface area contributed by atoms with E-state index in [1.54, 1.807) is 0 Å². The molecule has 0 heterocycles. The summed E-state index contributed by atoms with van der Waals surface area (Å²) >= 11 is 0. The highest BCUT2D eigenvalue weighted by Crippen LogP contribution is 2.19. The number of aryl methyl sites for hydroxylation is 1. The lowest BCUT2D eigenvalue weighted by molar-refractivity contribution is 1.27. The van der Waals surface area contributed by atoms with Crippen LogP contribution in [-0.2, 0) is 0 Å². The van der Waals surface area contributed by atoms with Crippen LogP contribution in [0.3, 0.4) is 0 Å². The molecule has 0 aromatic heterocycles. The molecule has 0 amide bonds. The third-order valence-corrected chi connectivity index (χ3v) is 3.28. The molecule has 1 heteroatoms. The van der Waals surface area contributed by atoms with Gasteiger partial charge in [-0.3, -0.25) is 0 Å². The van der Waals surface area contributed by atoms with Crippen LogP contribution in [0.25, 0.3) is 5.57 Å². The first kappa shape index (κ1) is 12.4. The zero-order valence-electron chi connectivity index (χ0n) is 11.0. The highest BCUT2D eigenvalue weighted by molar-refractivity contribution is 5.68. The van der Waals surface area contributed by atoms with Crippen LogP contribution in [-0.4, -0.2) is 6.54 Å². The van der Waals surface area contributed by atoms with Crippen molar-refractivity contribution in [3.8, 4) is 0 Å². The van der Waals surface area contributed by atoms with Gasteiger partial charge in [0.05, 0.1) is 0 Å². The van der Waals surface area contributed by atoms with Crippen molar-refractivity contribution >= 4 is 11.3 Å². The Kier molecular flexibility index (Phi) is 3.83. The standard InChI is InChI=1S/C17H19N/c1-13-8-7-11-17(15(13)3)18-12-14(2)16-9-5-4-6-10-16/h4-11,18H,2,12H2,1,3H3. The third-order valence-electron chi connectivity index (χ3n) is 3.28. The Balaban J connectivity index is 2.04. The summed E-state index contributed by atoms with van der Waals surface area (Å²) in [5.41, 5.74) is 6.10. The minimum absolute atomic E-state index is 0.772. The van der Waals surface area contributed by atoms with Gasteiger partial charge < -0.3 is 5.32 Å². The molecule has 0 fully saturated rings. The van der Waals surface area contributed by atoms with Crippen molar-refractivity contribution in [2.75, 3.05) is 11.9 Å². The van der Waals surface area contributed by atoms with Gasteiger partial charge in [-0.25, -0.2) is 0 Å². The summed E-state index contributed by atoms with van der Waals surface area (Å²) in [6.45, 7) is 9.18. The van der Waals surface area contributed by atoms with Crippen LogP contribution in [0.4, 0.5) is 5.69 Å². The second-order valence-electron chi connectivity index (χ2n) is 4.57. The van der Waals surface area contributed by atoms with Crippen molar-refractivity contribution in [3.63, 3.8) is 0 Å². The SMILES string of the molecule is C=C(CNc1cccc(C)c1C)c1ccccc1. The van der Waals surface area contributed by atoms with Crippen LogP contribution in [0, 0.1) is 13.8 Å². The Labute approximate surface area is 109 Å². The smallest absolute Gasteiger partial charge is 0.0400 e. The maximum Gasteiger partial charge on any atom is 0.0400 e. The van der Waals surface area contributed by atoms with Gasteiger partial charge in [-0.2, -0.15) is 0 Å². The Morgan fingerprint density at radius 3 is 2.44 bits per heavy atom. The maximum absolute atomic E-state index is 4.13. The molecule has 92 valence electrons. The van der Waals surface area contributed by atoms with E-state index < -0.39 is 0 Å². The zero-order chi connectivity index (χ0) is 13.0. The summed E-state index contributed by atoms with van der Waals surface area (Å²) < 4.78 is 0. The summed E-state index contributed by atoms with van der Waals surface area (Å²) in [6, 6.07) is 16.6. The Hall–Kier alpha value is -2.02. The summed E-state index contributed by atoms with van der Waals surface area (Å²) in [7, 11) is 0. The molecule has 0 aliphatic rings. The normalized spacial score (nSPS) is 10.1. The summed E-state index contributed by atoms with van der Waals surface area (Å²) in [5.74, 6) is 0. The van der Waals surface area contributed by atoms with Crippen LogP contribution in [0.15, 0.2) is 55.1 Å². The fourth-order valence-electron chi connectivity index (χ4n) is 1.92. The topological polar surface area (TPSA) is 12.0 Å². The quantitative estimate of drug-likeness (QED) is 0.829. The molecule has 0 bridgehead atoms. The van der Waals surface area contributed by atoms with Crippen LogP contribution in [0.1, 0.15) is 16.7 Å². The number of anilines is 1. The van der Waals surface area contributed by atoms with E-state index in [0.717, 1.165) is 12.1 Å². The van der Waals surface area contributed by atoms with Gasteiger partial charge in [-0.1, -0.05) is 49.0 Å². The molecule has 2 aromatic rings. The van der Waals surface area contributed by atoms with Crippen molar-refractivity contribution in [2.24, 2.45) is 0 Å². The molecule has 0 aliphatic carbocycles. The van der Waals surface area contributed by atoms with Gasteiger partial charge in [0.15, 0.2) is 0 Å². The Morgan fingerprint density at radius 2 is 1.72 bits per heavy atom. The Bertz CT molecular complexity index is 541. The number of hydrogen-bond donors (Lipinski definition) is 1. The van der Waals surface area contributed by atoms with Gasteiger partial charge in [0, 0.05) is 12.2 Å². The van der Waals surface area contributed by atoms with Crippen molar-refractivity contribution < 1.29 is 0 Å². The fourth-order valence-corrected chi connectivity index (χ4v) is 1.92. The molecular weight excluding hydrogens is 218 g/mol. The van der Waals surface area contributed by atoms with Crippen LogP contribution >= 0.6 is 0 Å². The predicted octanol–water partition coefficient (Wildman–Crippen LogP) is 4.43. The van der Waals surface area contributed by atoms with E-state index in [0.29, 0.717) is 0 Å². The van der Waals surface area contributed by atoms with Crippen LogP contribution < -0.4 is 5.32 Å². The molecule has 1 nitrogen and oxygen atoms in total. The van der Waals surface area contributed by atoms with Crippen molar-refractivity contribution in [2.45, 2.75) is 13.8 Å². The largest absolute Gasteiger partial charge is 0.381 e. The van der Waals surface area contributed by atoms with E-state index >= 15 is 0 Å². The third kappa shape index (κ3) is 2.80. The number of rotatable bonds is 4. The number of benzene rings is 2. The van der Waals surface area contributed by atoms with Gasteiger partial charge in [0.25, 0.3) is 0 Å². The lowest BCUT2D eigenvalue weighted by atomic mass is 10.1. The monoisotopic (exact) mass is 237 g/mol. The second-order valence-corrected chi connectivity index (χ2v) is 4.57. The minimum atomic E-state index is 0.772. The van der Waals surface area contributed by atoms with Gasteiger partial charge >= 0.3 is 0 Å². The van der Waals surface area contributed by atoms with Crippen LogP contribution in [0.5, 0.6) is 0 Å². The molecule has 0 aliphatic heterocycles. The van der Waals surface area contributed by atoms with Crippen LogP contribution in [0.2, 0.25) is 0 Å². The van der Waals surface area contributed by atoms with E-state index in [-0.39, 0.29) is 0 Å². The number of nitrogens with one attached hydrogen (secondary N) is 1. The molecular formula is C17H19N. The first-order valence-electron chi connectivity index (χ1n) is 6.22. The van der Waals surface area contributed by atoms with E-state index in [1.807, 2.05) is 18.2 Å². The van der Waals surface area contributed by atoms with Gasteiger partial charge in [0.2, 0.25) is 0 Å². The summed E-state index contributed by atoms with van der Waals surface area (Å²) in [5, 5.41) is 3.45. The zero-order valence-corrected chi connectivity index (χ0v) is 11.0. The molecule has 2 rings (SSSR count). The maximum atomic E-state index is 4.13. The fraction of sp³-hybridized carbons (Fsp3) is 0.176. The van der Waals surface area contributed by atoms with E-state index in [9.17, 15) is 0 Å². The van der Waals surface area contributed by atoms with E-state index in [1.165, 1.54) is 22.4 Å². The van der Waals surface area contributed by atoms with E-state index in [4.69, 9.17) is 0 Å². The van der Waals surface area contributed by atoms with Gasteiger partial charge in [0.1, 0.15) is 0 Å².